The summed E-state index contributed by atoms with van der Waals surface area (Å²) in [7, 11) is 0. The molecule has 0 amide bonds. The highest BCUT2D eigenvalue weighted by molar-refractivity contribution is 6.30. The van der Waals surface area contributed by atoms with Crippen LogP contribution in [0.5, 0.6) is 0 Å². The van der Waals surface area contributed by atoms with E-state index in [0.29, 0.717) is 23.6 Å². The van der Waals surface area contributed by atoms with E-state index < -0.39 is 0 Å². The minimum atomic E-state index is -0.116. The van der Waals surface area contributed by atoms with Gasteiger partial charge in [0.1, 0.15) is 12.6 Å². The maximum atomic E-state index is 12.1. The first-order chi connectivity index (χ1) is 9.72. The van der Waals surface area contributed by atoms with Crippen molar-refractivity contribution in [3.05, 3.63) is 34.9 Å². The third kappa shape index (κ3) is 3.15. The topological polar surface area (TPSA) is 38.3 Å². The van der Waals surface area contributed by atoms with E-state index in [1.54, 1.807) is 0 Å². The van der Waals surface area contributed by atoms with Crippen LogP contribution in [0.1, 0.15) is 37.7 Å². The fourth-order valence-electron chi connectivity index (χ4n) is 3.34. The van der Waals surface area contributed by atoms with E-state index >= 15 is 0 Å². The maximum Gasteiger partial charge on any atom is 0.323 e. The normalized spacial score (nSPS) is 28.9. The van der Waals surface area contributed by atoms with Crippen molar-refractivity contribution in [3.63, 3.8) is 0 Å². The average Bonchev–Trinajstić information content (AvgIpc) is 2.90. The quantitative estimate of drug-likeness (QED) is 0.869. The number of halogens is 1. The zero-order valence-electron chi connectivity index (χ0n) is 11.5. The third-order valence-electron chi connectivity index (χ3n) is 4.44. The van der Waals surface area contributed by atoms with Crippen LogP contribution in [-0.4, -0.2) is 18.1 Å². The second-order valence-corrected chi connectivity index (χ2v) is 6.28. The molecular weight excluding hydrogens is 274 g/mol. The molecule has 2 fully saturated rings. The molecule has 3 rings (SSSR count). The Kier molecular flexibility index (Phi) is 4.27. The summed E-state index contributed by atoms with van der Waals surface area (Å²) in [6.07, 6.45) is 5.96. The van der Waals surface area contributed by atoms with Crippen LogP contribution in [-0.2, 0) is 16.1 Å². The van der Waals surface area contributed by atoms with Crippen molar-refractivity contribution in [3.8, 4) is 0 Å². The predicted molar refractivity (Wildman–Crippen MR) is 78.5 cm³/mol. The molecule has 0 spiro atoms. The molecule has 20 heavy (non-hydrogen) atoms. The van der Waals surface area contributed by atoms with Gasteiger partial charge in [0.15, 0.2) is 0 Å². The lowest BCUT2D eigenvalue weighted by Crippen LogP contribution is -2.37. The predicted octanol–water partition coefficient (Wildman–Crippen LogP) is 3.30. The monoisotopic (exact) mass is 293 g/mol. The highest BCUT2D eigenvalue weighted by Crippen LogP contribution is 2.33. The van der Waals surface area contributed by atoms with Crippen molar-refractivity contribution in [1.29, 1.82) is 0 Å². The fourth-order valence-corrected chi connectivity index (χ4v) is 3.46. The number of rotatable bonds is 3. The van der Waals surface area contributed by atoms with E-state index in [9.17, 15) is 4.79 Å². The van der Waals surface area contributed by atoms with E-state index in [2.05, 4.69) is 5.32 Å². The lowest BCUT2D eigenvalue weighted by atomic mass is 9.85. The van der Waals surface area contributed by atoms with Crippen LogP contribution in [0.25, 0.3) is 0 Å². The molecule has 1 saturated carbocycles. The standard InChI is InChI=1S/C16H20ClNO2/c17-13-7-5-11(6-8-13)10-20-16(19)15-9-12-3-1-2-4-14(12)18-15/h5-8,12,14-15,18H,1-4,9-10H2/t12-,14-,15-/m0/s1. The minimum absolute atomic E-state index is 0.115. The van der Waals surface area contributed by atoms with Gasteiger partial charge in [0.25, 0.3) is 0 Å². The Morgan fingerprint density at radius 1 is 1.25 bits per heavy atom. The molecule has 4 heteroatoms. The van der Waals surface area contributed by atoms with E-state index in [-0.39, 0.29) is 12.0 Å². The number of fused-ring (bicyclic) bond motifs is 1. The average molecular weight is 294 g/mol. The zero-order chi connectivity index (χ0) is 13.9. The van der Waals surface area contributed by atoms with Crippen molar-refractivity contribution in [2.45, 2.75) is 50.8 Å². The third-order valence-corrected chi connectivity index (χ3v) is 4.69. The number of hydrogen-bond acceptors (Lipinski definition) is 3. The molecule has 1 aliphatic carbocycles. The molecule has 0 radical (unpaired) electrons. The molecule has 3 nitrogen and oxygen atoms in total. The molecular formula is C16H20ClNO2. The van der Waals surface area contributed by atoms with Crippen molar-refractivity contribution in [1.82, 2.24) is 5.32 Å². The van der Waals surface area contributed by atoms with Gasteiger partial charge in [-0.2, -0.15) is 0 Å². The van der Waals surface area contributed by atoms with Gasteiger partial charge in [-0.25, -0.2) is 0 Å². The highest BCUT2D eigenvalue weighted by atomic mass is 35.5. The molecule has 0 aromatic heterocycles. The number of carbonyl (C=O) groups excluding carboxylic acids is 1. The first kappa shape index (κ1) is 13.9. The molecule has 108 valence electrons. The van der Waals surface area contributed by atoms with Crippen molar-refractivity contribution < 1.29 is 9.53 Å². The largest absolute Gasteiger partial charge is 0.460 e. The summed E-state index contributed by atoms with van der Waals surface area (Å²) in [4.78, 5) is 12.1. The molecule has 1 aliphatic heterocycles. The number of ether oxygens (including phenoxy) is 1. The van der Waals surface area contributed by atoms with Gasteiger partial charge >= 0.3 is 5.97 Å². The Balaban J connectivity index is 1.51. The van der Waals surface area contributed by atoms with Gasteiger partial charge in [0, 0.05) is 11.1 Å². The van der Waals surface area contributed by atoms with Crippen molar-refractivity contribution >= 4 is 17.6 Å². The Bertz CT molecular complexity index is 460. The van der Waals surface area contributed by atoms with E-state index in [1.807, 2.05) is 24.3 Å². The van der Waals surface area contributed by atoms with Crippen LogP contribution in [0.3, 0.4) is 0 Å². The lowest BCUT2D eigenvalue weighted by molar-refractivity contribution is -0.147. The highest BCUT2D eigenvalue weighted by Gasteiger charge is 2.38. The first-order valence-electron chi connectivity index (χ1n) is 7.39. The van der Waals surface area contributed by atoms with Crippen molar-refractivity contribution in [2.24, 2.45) is 5.92 Å². The molecule has 3 atom stereocenters. The number of hydrogen-bond donors (Lipinski definition) is 1. The van der Waals surface area contributed by atoms with Gasteiger partial charge in [0.05, 0.1) is 0 Å². The second kappa shape index (κ2) is 6.15. The van der Waals surface area contributed by atoms with Crippen LogP contribution in [0.15, 0.2) is 24.3 Å². The van der Waals surface area contributed by atoms with Crippen LogP contribution >= 0.6 is 11.6 Å². The van der Waals surface area contributed by atoms with Crippen molar-refractivity contribution in [2.75, 3.05) is 0 Å². The minimum Gasteiger partial charge on any atom is -0.460 e. The first-order valence-corrected chi connectivity index (χ1v) is 7.77. The number of nitrogens with one attached hydrogen (secondary N) is 1. The molecule has 1 aromatic carbocycles. The summed E-state index contributed by atoms with van der Waals surface area (Å²) >= 11 is 5.83. The summed E-state index contributed by atoms with van der Waals surface area (Å²) < 4.78 is 5.41. The van der Waals surface area contributed by atoms with E-state index in [1.165, 1.54) is 25.7 Å². The van der Waals surface area contributed by atoms with Crippen LogP contribution in [0, 0.1) is 5.92 Å². The van der Waals surface area contributed by atoms with Gasteiger partial charge in [-0.05, 0) is 42.9 Å². The van der Waals surface area contributed by atoms with Crippen LogP contribution in [0.2, 0.25) is 5.02 Å². The Morgan fingerprint density at radius 2 is 2.00 bits per heavy atom. The number of benzene rings is 1. The molecule has 1 aromatic rings. The van der Waals surface area contributed by atoms with E-state index in [0.717, 1.165) is 12.0 Å². The maximum absolute atomic E-state index is 12.1. The number of esters is 1. The van der Waals surface area contributed by atoms with Crippen LogP contribution < -0.4 is 5.32 Å². The molecule has 1 heterocycles. The molecule has 0 bridgehead atoms. The fraction of sp³-hybridized carbons (Fsp3) is 0.562. The zero-order valence-corrected chi connectivity index (χ0v) is 12.2. The summed E-state index contributed by atoms with van der Waals surface area (Å²) in [5.41, 5.74) is 0.971. The van der Waals surface area contributed by atoms with Gasteiger partial charge in [-0.3, -0.25) is 4.79 Å². The van der Waals surface area contributed by atoms with Gasteiger partial charge in [-0.1, -0.05) is 36.6 Å². The SMILES string of the molecule is O=C(OCc1ccc(Cl)cc1)[C@@H]1C[C@@H]2CCCC[C@@H]2N1. The molecule has 1 N–H and O–H groups in total. The summed E-state index contributed by atoms with van der Waals surface area (Å²) in [6.45, 7) is 0.323. The Hall–Kier alpha value is -1.06. The molecule has 2 aliphatic rings. The summed E-state index contributed by atoms with van der Waals surface area (Å²) in [5, 5.41) is 4.14. The van der Waals surface area contributed by atoms with Gasteiger partial charge in [-0.15, -0.1) is 0 Å². The summed E-state index contributed by atoms with van der Waals surface area (Å²) in [6, 6.07) is 7.81. The molecule has 1 saturated heterocycles. The Morgan fingerprint density at radius 3 is 2.75 bits per heavy atom. The van der Waals surface area contributed by atoms with Gasteiger partial charge in [0.2, 0.25) is 0 Å². The lowest BCUT2D eigenvalue weighted by Gasteiger charge is -2.24. The summed E-state index contributed by atoms with van der Waals surface area (Å²) in [5.74, 6) is 0.547. The number of carbonyl (C=O) groups is 1. The second-order valence-electron chi connectivity index (χ2n) is 5.84. The van der Waals surface area contributed by atoms with E-state index in [4.69, 9.17) is 16.3 Å². The van der Waals surface area contributed by atoms with Crippen LogP contribution in [0.4, 0.5) is 0 Å². The Labute approximate surface area is 124 Å². The molecule has 0 unspecified atom stereocenters. The smallest absolute Gasteiger partial charge is 0.323 e. The van der Waals surface area contributed by atoms with Gasteiger partial charge < -0.3 is 10.1 Å².